The number of nitrogens with one attached hydrogen (secondary N) is 1. The van der Waals surface area contributed by atoms with Gasteiger partial charge >= 0.3 is 0 Å². The van der Waals surface area contributed by atoms with Crippen LogP contribution in [0.15, 0.2) is 24.3 Å². The van der Waals surface area contributed by atoms with E-state index < -0.39 is 0 Å². The van der Waals surface area contributed by atoms with E-state index in [-0.39, 0.29) is 5.84 Å². The molecule has 14 heavy (non-hydrogen) atoms. The van der Waals surface area contributed by atoms with Gasteiger partial charge in [-0.3, -0.25) is 5.41 Å². The predicted octanol–water partition coefficient (Wildman–Crippen LogP) is 0.765. The smallest absolute Gasteiger partial charge is 0.124 e. The molecule has 2 rings (SSSR count). The third kappa shape index (κ3) is 1.56. The molecule has 0 spiro atoms. The van der Waals surface area contributed by atoms with E-state index in [1.165, 1.54) is 0 Å². The number of ether oxygens (including phenoxy) is 1. The monoisotopic (exact) mass is 191 g/mol. The fourth-order valence-corrected chi connectivity index (χ4v) is 1.58. The Balaban J connectivity index is 2.35. The lowest BCUT2D eigenvalue weighted by Gasteiger charge is -2.18. The van der Waals surface area contributed by atoms with Crippen molar-refractivity contribution >= 4 is 11.5 Å². The highest BCUT2D eigenvalue weighted by Crippen LogP contribution is 2.21. The molecule has 0 aromatic heterocycles. The van der Waals surface area contributed by atoms with Gasteiger partial charge in [0.2, 0.25) is 0 Å². The summed E-state index contributed by atoms with van der Waals surface area (Å²) in [6.07, 6.45) is 0. The number of hydrogen-bond acceptors (Lipinski definition) is 3. The van der Waals surface area contributed by atoms with Crippen molar-refractivity contribution in [1.29, 1.82) is 5.41 Å². The highest BCUT2D eigenvalue weighted by Gasteiger charge is 2.16. The molecule has 1 aromatic rings. The molecule has 1 heterocycles. The molecule has 0 unspecified atom stereocenters. The molecule has 4 heteroatoms. The van der Waals surface area contributed by atoms with Gasteiger partial charge in [0.15, 0.2) is 0 Å². The molecule has 1 fully saturated rings. The normalized spacial score (nSPS) is 15.9. The van der Waals surface area contributed by atoms with Crippen LogP contribution < -0.4 is 10.6 Å². The number of amidine groups is 1. The van der Waals surface area contributed by atoms with Gasteiger partial charge in [-0.2, -0.15) is 0 Å². The molecule has 1 aromatic carbocycles. The van der Waals surface area contributed by atoms with Gasteiger partial charge in [-0.25, -0.2) is 0 Å². The summed E-state index contributed by atoms with van der Waals surface area (Å²) in [6, 6.07) is 7.65. The number of nitrogens with zero attached hydrogens (tertiary/aromatic N) is 1. The quantitative estimate of drug-likeness (QED) is 0.536. The van der Waals surface area contributed by atoms with Crippen LogP contribution in [0.3, 0.4) is 0 Å². The maximum Gasteiger partial charge on any atom is 0.124 e. The minimum absolute atomic E-state index is 0.104. The van der Waals surface area contributed by atoms with Crippen LogP contribution in [-0.4, -0.2) is 25.7 Å². The van der Waals surface area contributed by atoms with Crippen LogP contribution in [0.2, 0.25) is 0 Å². The van der Waals surface area contributed by atoms with E-state index in [9.17, 15) is 0 Å². The zero-order valence-electron chi connectivity index (χ0n) is 7.86. The summed E-state index contributed by atoms with van der Waals surface area (Å²) in [7, 11) is 0. The second-order valence-electron chi connectivity index (χ2n) is 3.23. The Kier molecular flexibility index (Phi) is 2.37. The van der Waals surface area contributed by atoms with Crippen molar-refractivity contribution in [3.8, 4) is 0 Å². The predicted molar refractivity (Wildman–Crippen MR) is 55.6 cm³/mol. The van der Waals surface area contributed by atoms with Crippen molar-refractivity contribution in [3.05, 3.63) is 29.8 Å². The second kappa shape index (κ2) is 3.67. The van der Waals surface area contributed by atoms with Crippen LogP contribution in [-0.2, 0) is 4.74 Å². The molecule has 1 saturated heterocycles. The van der Waals surface area contributed by atoms with E-state index in [0.717, 1.165) is 24.4 Å². The van der Waals surface area contributed by atoms with Crippen molar-refractivity contribution in [1.82, 2.24) is 0 Å². The van der Waals surface area contributed by atoms with Crippen LogP contribution in [0, 0.1) is 5.41 Å². The van der Waals surface area contributed by atoms with Crippen LogP contribution in [0.5, 0.6) is 0 Å². The molecule has 3 N–H and O–H groups in total. The first-order chi connectivity index (χ1) is 6.79. The third-order valence-corrected chi connectivity index (χ3v) is 2.29. The van der Waals surface area contributed by atoms with Gasteiger partial charge in [-0.15, -0.1) is 0 Å². The molecule has 0 aliphatic carbocycles. The zero-order chi connectivity index (χ0) is 9.97. The first-order valence-electron chi connectivity index (χ1n) is 4.55. The van der Waals surface area contributed by atoms with Crippen molar-refractivity contribution in [2.75, 3.05) is 24.8 Å². The third-order valence-electron chi connectivity index (χ3n) is 2.29. The highest BCUT2D eigenvalue weighted by atomic mass is 16.5. The minimum atomic E-state index is 0.104. The molecule has 1 aliphatic heterocycles. The van der Waals surface area contributed by atoms with Crippen LogP contribution in [0.25, 0.3) is 0 Å². The molecule has 0 amide bonds. The summed E-state index contributed by atoms with van der Waals surface area (Å²) in [5.41, 5.74) is 7.26. The lowest BCUT2D eigenvalue weighted by Crippen LogP contribution is -2.23. The summed E-state index contributed by atoms with van der Waals surface area (Å²) in [4.78, 5) is 2.08. The van der Waals surface area contributed by atoms with Crippen molar-refractivity contribution in [2.45, 2.75) is 0 Å². The first kappa shape index (κ1) is 9.02. The van der Waals surface area contributed by atoms with Gasteiger partial charge in [0, 0.05) is 17.8 Å². The second-order valence-corrected chi connectivity index (χ2v) is 3.23. The average molecular weight is 191 g/mol. The number of hydrogen-bond donors (Lipinski definition) is 2. The summed E-state index contributed by atoms with van der Waals surface area (Å²) in [5, 5.41) is 7.45. The van der Waals surface area contributed by atoms with Gasteiger partial charge in [0.25, 0.3) is 0 Å². The largest absolute Gasteiger partial charge is 0.384 e. The molecular formula is C10H13N3O. The number of nitrogens with two attached hydrogens (primary N) is 1. The van der Waals surface area contributed by atoms with Gasteiger partial charge in [-0.05, 0) is 12.1 Å². The minimum Gasteiger partial charge on any atom is -0.384 e. The van der Waals surface area contributed by atoms with Gasteiger partial charge in [-0.1, -0.05) is 12.1 Å². The molecule has 0 bridgehead atoms. The Labute approximate surface area is 82.8 Å². The summed E-state index contributed by atoms with van der Waals surface area (Å²) in [5.74, 6) is 0.104. The maximum absolute atomic E-state index is 7.45. The molecule has 1 aliphatic rings. The van der Waals surface area contributed by atoms with E-state index in [1.54, 1.807) is 0 Å². The van der Waals surface area contributed by atoms with Gasteiger partial charge in [0.1, 0.15) is 12.6 Å². The molecule has 0 saturated carbocycles. The van der Waals surface area contributed by atoms with E-state index in [2.05, 4.69) is 4.90 Å². The number of benzene rings is 1. The number of para-hydroxylation sites is 1. The molecule has 74 valence electrons. The average Bonchev–Trinajstić information content (AvgIpc) is 2.70. The number of nitrogen functional groups attached to an aromatic ring is 1. The van der Waals surface area contributed by atoms with E-state index in [0.29, 0.717) is 6.73 Å². The molecule has 4 nitrogen and oxygen atoms in total. The Morgan fingerprint density at radius 2 is 2.21 bits per heavy atom. The van der Waals surface area contributed by atoms with Crippen LogP contribution in [0.4, 0.5) is 5.69 Å². The fraction of sp³-hybridized carbons (Fsp3) is 0.300. The van der Waals surface area contributed by atoms with E-state index in [4.69, 9.17) is 15.9 Å². The summed E-state index contributed by atoms with van der Waals surface area (Å²) in [6.45, 7) is 2.20. The molecular weight excluding hydrogens is 178 g/mol. The van der Waals surface area contributed by atoms with Gasteiger partial charge in [0.05, 0.1) is 6.61 Å². The van der Waals surface area contributed by atoms with Gasteiger partial charge < -0.3 is 15.4 Å². The lowest BCUT2D eigenvalue weighted by atomic mass is 10.1. The number of anilines is 1. The zero-order valence-corrected chi connectivity index (χ0v) is 7.86. The van der Waals surface area contributed by atoms with Crippen molar-refractivity contribution < 1.29 is 4.74 Å². The van der Waals surface area contributed by atoms with E-state index in [1.807, 2.05) is 24.3 Å². The summed E-state index contributed by atoms with van der Waals surface area (Å²) < 4.78 is 5.26. The molecule has 0 atom stereocenters. The molecule has 0 radical (unpaired) electrons. The van der Waals surface area contributed by atoms with Crippen LogP contribution >= 0.6 is 0 Å². The SMILES string of the molecule is N=C(N)c1ccccc1N1CCOC1. The Morgan fingerprint density at radius 3 is 2.86 bits per heavy atom. The van der Waals surface area contributed by atoms with Crippen molar-refractivity contribution in [3.63, 3.8) is 0 Å². The van der Waals surface area contributed by atoms with Crippen LogP contribution in [0.1, 0.15) is 5.56 Å². The fourth-order valence-electron chi connectivity index (χ4n) is 1.58. The first-order valence-corrected chi connectivity index (χ1v) is 4.55. The standard InChI is InChI=1S/C10H13N3O/c11-10(12)8-3-1-2-4-9(8)13-5-6-14-7-13/h1-4H,5-7H2,(H3,11,12). The van der Waals surface area contributed by atoms with Crippen molar-refractivity contribution in [2.24, 2.45) is 5.73 Å². The summed E-state index contributed by atoms with van der Waals surface area (Å²) >= 11 is 0. The topological polar surface area (TPSA) is 62.3 Å². The maximum atomic E-state index is 7.45. The lowest BCUT2D eigenvalue weighted by molar-refractivity contribution is 0.201. The Hall–Kier alpha value is -1.55. The Morgan fingerprint density at radius 1 is 1.43 bits per heavy atom. The highest BCUT2D eigenvalue weighted by molar-refractivity contribution is 6.00. The van der Waals surface area contributed by atoms with E-state index >= 15 is 0 Å². The number of rotatable bonds is 2. The Bertz CT molecular complexity index is 345.